The molecule has 0 saturated carbocycles. The van der Waals surface area contributed by atoms with Crippen molar-refractivity contribution in [1.29, 1.82) is 0 Å². The third-order valence-corrected chi connectivity index (χ3v) is 3.59. The number of carbonyl (C=O) groups excluding carboxylic acids is 1. The van der Waals surface area contributed by atoms with E-state index in [9.17, 15) is 22.8 Å². The monoisotopic (exact) mass is 281 g/mol. The van der Waals surface area contributed by atoms with Gasteiger partial charge in [-0.2, -0.15) is 13.2 Å². The number of carbonyl (C=O) groups is 2. The molecule has 0 aromatic carbocycles. The molecule has 19 heavy (non-hydrogen) atoms. The number of carboxylic acid groups (broad SMARTS) is 1. The van der Waals surface area contributed by atoms with Gasteiger partial charge in [0, 0.05) is 6.61 Å². The fraction of sp³-hybridized carbons (Fsp3) is 0.818. The molecule has 0 aliphatic carbocycles. The van der Waals surface area contributed by atoms with Gasteiger partial charge in [0.1, 0.15) is 6.04 Å². The van der Waals surface area contributed by atoms with Crippen LogP contribution in [0.5, 0.6) is 0 Å². The van der Waals surface area contributed by atoms with Crippen LogP contribution < -0.4 is 0 Å². The van der Waals surface area contributed by atoms with E-state index in [1.54, 1.807) is 0 Å². The highest BCUT2D eigenvalue weighted by molar-refractivity contribution is 5.88. The average molecular weight is 281 g/mol. The summed E-state index contributed by atoms with van der Waals surface area (Å²) in [6.45, 7) is 0.437. The normalized spacial score (nSPS) is 31.7. The fourth-order valence-corrected chi connectivity index (χ4v) is 2.79. The molecule has 108 valence electrons. The number of amides is 1. The third-order valence-electron chi connectivity index (χ3n) is 3.59. The summed E-state index contributed by atoms with van der Waals surface area (Å²) in [5.41, 5.74) is 0. The summed E-state index contributed by atoms with van der Waals surface area (Å²) in [6.07, 6.45) is -4.03. The molecule has 2 aliphatic heterocycles. The van der Waals surface area contributed by atoms with E-state index >= 15 is 0 Å². The highest BCUT2D eigenvalue weighted by atomic mass is 19.4. The van der Waals surface area contributed by atoms with Gasteiger partial charge in [0.15, 0.2) is 0 Å². The van der Waals surface area contributed by atoms with E-state index in [1.807, 2.05) is 0 Å². The number of hydrogen-bond acceptors (Lipinski definition) is 3. The van der Waals surface area contributed by atoms with Gasteiger partial charge in [0.25, 0.3) is 0 Å². The molecule has 0 aromatic heterocycles. The Morgan fingerprint density at radius 1 is 1.21 bits per heavy atom. The topological polar surface area (TPSA) is 66.8 Å². The lowest BCUT2D eigenvalue weighted by atomic mass is 10.1. The van der Waals surface area contributed by atoms with Crippen LogP contribution in [0.15, 0.2) is 0 Å². The first-order chi connectivity index (χ1) is 8.82. The molecule has 0 spiro atoms. The lowest BCUT2D eigenvalue weighted by Crippen LogP contribution is -2.53. The molecule has 8 heteroatoms. The Hall–Kier alpha value is -1.31. The molecular formula is C11H14F3NO4. The van der Waals surface area contributed by atoms with Gasteiger partial charge >= 0.3 is 18.1 Å². The van der Waals surface area contributed by atoms with Crippen molar-refractivity contribution in [3.63, 3.8) is 0 Å². The third kappa shape index (κ3) is 2.68. The summed E-state index contributed by atoms with van der Waals surface area (Å²) in [5.74, 6) is -3.49. The van der Waals surface area contributed by atoms with E-state index in [4.69, 9.17) is 9.84 Å². The molecule has 2 fully saturated rings. The van der Waals surface area contributed by atoms with E-state index in [2.05, 4.69) is 0 Å². The molecule has 0 radical (unpaired) electrons. The molecule has 5 nitrogen and oxygen atoms in total. The number of likely N-dealkylation sites (tertiary alicyclic amines) is 1. The van der Waals surface area contributed by atoms with Crippen molar-refractivity contribution in [2.75, 3.05) is 6.61 Å². The Morgan fingerprint density at radius 2 is 1.89 bits per heavy atom. The van der Waals surface area contributed by atoms with Gasteiger partial charge in [-0.25, -0.2) is 4.79 Å². The summed E-state index contributed by atoms with van der Waals surface area (Å²) < 4.78 is 43.0. The van der Waals surface area contributed by atoms with Gasteiger partial charge < -0.3 is 14.7 Å². The van der Waals surface area contributed by atoms with Gasteiger partial charge in [-0.3, -0.25) is 4.79 Å². The Bertz CT molecular complexity index is 379. The van der Waals surface area contributed by atoms with Gasteiger partial charge in [0.05, 0.1) is 12.1 Å². The molecule has 2 saturated heterocycles. The number of aliphatic carboxylic acids is 1. The van der Waals surface area contributed by atoms with E-state index in [0.717, 1.165) is 0 Å². The maximum absolute atomic E-state index is 12.6. The summed E-state index contributed by atoms with van der Waals surface area (Å²) in [5, 5.41) is 8.96. The molecule has 3 atom stereocenters. The number of rotatable bonds is 2. The van der Waals surface area contributed by atoms with Crippen LogP contribution in [0.1, 0.15) is 25.7 Å². The minimum absolute atomic E-state index is 0.0294. The van der Waals surface area contributed by atoms with E-state index in [0.29, 0.717) is 24.3 Å². The fourth-order valence-electron chi connectivity index (χ4n) is 2.79. The number of ether oxygens (including phenoxy) is 1. The van der Waals surface area contributed by atoms with Gasteiger partial charge in [-0.05, 0) is 25.7 Å². The van der Waals surface area contributed by atoms with Crippen LogP contribution in [-0.4, -0.2) is 52.9 Å². The smallest absolute Gasteiger partial charge is 0.471 e. The van der Waals surface area contributed by atoms with Gasteiger partial charge in [-0.1, -0.05) is 0 Å². The second-order valence-electron chi connectivity index (χ2n) is 4.76. The standard InChI is InChI=1S/C11H14F3NO4/c12-11(13,14)10(18)15-6(8-2-1-5-19-8)3-4-7(15)9(16)17/h6-8H,1-5H2,(H,16,17)/t6-,7+,8?/m1/s1. The summed E-state index contributed by atoms with van der Waals surface area (Å²) in [7, 11) is 0. The van der Waals surface area contributed by atoms with Crippen LogP contribution in [0.4, 0.5) is 13.2 Å². The van der Waals surface area contributed by atoms with E-state index < -0.39 is 36.2 Å². The number of alkyl halides is 3. The summed E-state index contributed by atoms with van der Waals surface area (Å²) in [6, 6.07) is -2.21. The zero-order valence-electron chi connectivity index (χ0n) is 10.0. The number of nitrogens with zero attached hydrogens (tertiary/aromatic N) is 1. The zero-order chi connectivity index (χ0) is 14.2. The molecule has 0 aromatic rings. The van der Waals surface area contributed by atoms with Crippen LogP contribution >= 0.6 is 0 Å². The first-order valence-corrected chi connectivity index (χ1v) is 6.06. The van der Waals surface area contributed by atoms with Crippen molar-refractivity contribution in [1.82, 2.24) is 4.90 Å². The molecule has 1 unspecified atom stereocenters. The largest absolute Gasteiger partial charge is 0.480 e. The van der Waals surface area contributed by atoms with Gasteiger partial charge in [-0.15, -0.1) is 0 Å². The number of carboxylic acids is 1. The Balaban J connectivity index is 2.23. The van der Waals surface area contributed by atoms with Crippen LogP contribution in [0, 0.1) is 0 Å². The minimum Gasteiger partial charge on any atom is -0.480 e. The second kappa shape index (κ2) is 4.99. The highest BCUT2D eigenvalue weighted by Gasteiger charge is 2.53. The quantitative estimate of drug-likeness (QED) is 0.825. The maximum atomic E-state index is 12.6. The Kier molecular flexibility index (Phi) is 3.71. The predicted octanol–water partition coefficient (Wildman–Crippen LogP) is 1.17. The molecular weight excluding hydrogens is 267 g/mol. The lowest BCUT2D eigenvalue weighted by Gasteiger charge is -2.31. The summed E-state index contributed by atoms with van der Waals surface area (Å²) >= 11 is 0. The Morgan fingerprint density at radius 3 is 2.37 bits per heavy atom. The maximum Gasteiger partial charge on any atom is 0.471 e. The molecule has 1 N–H and O–H groups in total. The molecule has 2 heterocycles. The predicted molar refractivity (Wildman–Crippen MR) is 56.3 cm³/mol. The van der Waals surface area contributed by atoms with Crippen LogP contribution in [-0.2, 0) is 14.3 Å². The minimum atomic E-state index is -5.06. The van der Waals surface area contributed by atoms with Crippen LogP contribution in [0.2, 0.25) is 0 Å². The SMILES string of the molecule is O=C(O)[C@@H]1CC[C@H](C2CCCO2)N1C(=O)C(F)(F)F. The highest BCUT2D eigenvalue weighted by Crippen LogP contribution is 2.35. The molecule has 2 aliphatic rings. The van der Waals surface area contributed by atoms with Crippen molar-refractivity contribution < 1.29 is 32.6 Å². The second-order valence-corrected chi connectivity index (χ2v) is 4.76. The van der Waals surface area contributed by atoms with Crippen LogP contribution in [0.3, 0.4) is 0 Å². The van der Waals surface area contributed by atoms with Crippen molar-refractivity contribution in [2.45, 2.75) is 50.0 Å². The van der Waals surface area contributed by atoms with E-state index in [-0.39, 0.29) is 12.8 Å². The zero-order valence-corrected chi connectivity index (χ0v) is 10.0. The van der Waals surface area contributed by atoms with E-state index in [1.165, 1.54) is 0 Å². The van der Waals surface area contributed by atoms with Crippen molar-refractivity contribution in [3.8, 4) is 0 Å². The first-order valence-electron chi connectivity index (χ1n) is 6.06. The van der Waals surface area contributed by atoms with Crippen molar-refractivity contribution >= 4 is 11.9 Å². The van der Waals surface area contributed by atoms with Gasteiger partial charge in [0.2, 0.25) is 0 Å². The molecule has 0 bridgehead atoms. The first kappa shape index (κ1) is 14.1. The summed E-state index contributed by atoms with van der Waals surface area (Å²) in [4.78, 5) is 22.9. The average Bonchev–Trinajstić information content (AvgIpc) is 2.94. The van der Waals surface area contributed by atoms with Crippen molar-refractivity contribution in [3.05, 3.63) is 0 Å². The molecule has 1 amide bonds. The van der Waals surface area contributed by atoms with Crippen molar-refractivity contribution in [2.24, 2.45) is 0 Å². The number of hydrogen-bond donors (Lipinski definition) is 1. The molecule has 2 rings (SSSR count). The van der Waals surface area contributed by atoms with Crippen LogP contribution in [0.25, 0.3) is 0 Å². The Labute approximate surface area is 107 Å². The number of halogens is 3. The lowest BCUT2D eigenvalue weighted by molar-refractivity contribution is -0.192.